The van der Waals surface area contributed by atoms with Crippen LogP contribution in [-0.4, -0.2) is 5.11 Å². The van der Waals surface area contributed by atoms with Crippen LogP contribution >= 0.6 is 0 Å². The monoisotopic (exact) mass is 264 g/mol. The first kappa shape index (κ1) is 13.5. The molecule has 0 aromatic heterocycles. The number of benzene rings is 2. The van der Waals surface area contributed by atoms with Gasteiger partial charge in [0.2, 0.25) is 0 Å². The van der Waals surface area contributed by atoms with Gasteiger partial charge in [-0.1, -0.05) is 12.1 Å². The maximum atomic E-state index is 13.8. The van der Waals surface area contributed by atoms with E-state index in [1.54, 1.807) is 13.0 Å². The summed E-state index contributed by atoms with van der Waals surface area (Å²) in [5.41, 5.74) is 0.906. The Morgan fingerprint density at radius 2 is 1.89 bits per heavy atom. The van der Waals surface area contributed by atoms with Crippen LogP contribution in [0.1, 0.15) is 24.2 Å². The smallest absolute Gasteiger partial charge is 0.168 e. The van der Waals surface area contributed by atoms with Gasteiger partial charge in [0.1, 0.15) is 11.6 Å². The Labute approximate surface area is 110 Å². The molecule has 0 saturated carbocycles. The Morgan fingerprint density at radius 1 is 1.16 bits per heavy atom. The molecule has 2 nitrogen and oxygen atoms in total. The number of rotatable bonds is 3. The molecule has 0 bridgehead atoms. The molecule has 0 aliphatic carbocycles. The van der Waals surface area contributed by atoms with Gasteiger partial charge in [0.15, 0.2) is 11.6 Å². The fourth-order valence-corrected chi connectivity index (χ4v) is 1.80. The van der Waals surface area contributed by atoms with E-state index in [1.807, 2.05) is 0 Å². The van der Waals surface area contributed by atoms with Crippen LogP contribution in [0.4, 0.5) is 8.78 Å². The van der Waals surface area contributed by atoms with E-state index in [-0.39, 0.29) is 11.6 Å². The fourth-order valence-electron chi connectivity index (χ4n) is 1.80. The highest BCUT2D eigenvalue weighted by atomic mass is 19.1. The standard InChI is InChI=1S/C15H14F2O2/c1-9-8-11(16)6-7-14(9)19-15-12(10(2)18)4-3-5-13(15)17/h3-8,10,18H,1-2H3. The Bertz CT molecular complexity index is 595. The molecule has 0 amide bonds. The van der Waals surface area contributed by atoms with Crippen molar-refractivity contribution in [1.29, 1.82) is 0 Å². The van der Waals surface area contributed by atoms with E-state index in [2.05, 4.69) is 0 Å². The maximum Gasteiger partial charge on any atom is 0.168 e. The zero-order chi connectivity index (χ0) is 14.0. The second-order valence-corrected chi connectivity index (χ2v) is 4.35. The minimum absolute atomic E-state index is 0.0350. The molecule has 0 aliphatic rings. The number of halogens is 2. The van der Waals surface area contributed by atoms with Crippen LogP contribution in [0.5, 0.6) is 11.5 Å². The van der Waals surface area contributed by atoms with Gasteiger partial charge < -0.3 is 9.84 Å². The van der Waals surface area contributed by atoms with Crippen LogP contribution in [0.2, 0.25) is 0 Å². The molecule has 0 aliphatic heterocycles. The zero-order valence-electron chi connectivity index (χ0n) is 10.7. The van der Waals surface area contributed by atoms with Gasteiger partial charge in [0.25, 0.3) is 0 Å². The molecular formula is C15H14F2O2. The fraction of sp³-hybridized carbons (Fsp3) is 0.200. The third-order valence-electron chi connectivity index (χ3n) is 2.80. The average Bonchev–Trinajstić information content (AvgIpc) is 2.34. The SMILES string of the molecule is Cc1cc(F)ccc1Oc1c(F)cccc1C(C)O. The summed E-state index contributed by atoms with van der Waals surface area (Å²) in [7, 11) is 0. The highest BCUT2D eigenvalue weighted by molar-refractivity contribution is 5.42. The van der Waals surface area contributed by atoms with Crippen LogP contribution < -0.4 is 4.74 Å². The van der Waals surface area contributed by atoms with Gasteiger partial charge in [-0.3, -0.25) is 0 Å². The Hall–Kier alpha value is -1.94. The predicted molar refractivity (Wildman–Crippen MR) is 68.2 cm³/mol. The molecule has 0 fully saturated rings. The normalized spacial score (nSPS) is 12.3. The number of hydrogen-bond donors (Lipinski definition) is 1. The molecule has 0 spiro atoms. The van der Waals surface area contributed by atoms with Gasteiger partial charge in [-0.2, -0.15) is 0 Å². The van der Waals surface area contributed by atoms with Gasteiger partial charge in [0.05, 0.1) is 6.10 Å². The third kappa shape index (κ3) is 2.90. The molecule has 100 valence electrons. The van der Waals surface area contributed by atoms with E-state index < -0.39 is 11.9 Å². The second-order valence-electron chi connectivity index (χ2n) is 4.35. The van der Waals surface area contributed by atoms with E-state index in [0.717, 1.165) is 0 Å². The lowest BCUT2D eigenvalue weighted by Crippen LogP contribution is -1.99. The molecular weight excluding hydrogens is 250 g/mol. The molecule has 1 unspecified atom stereocenters. The molecule has 19 heavy (non-hydrogen) atoms. The summed E-state index contributed by atoms with van der Waals surface area (Å²) in [6.07, 6.45) is -0.855. The summed E-state index contributed by atoms with van der Waals surface area (Å²) in [5.74, 6) is -0.628. The largest absolute Gasteiger partial charge is 0.454 e. The average molecular weight is 264 g/mol. The minimum Gasteiger partial charge on any atom is -0.454 e. The Kier molecular flexibility index (Phi) is 3.81. The Morgan fingerprint density at radius 3 is 2.53 bits per heavy atom. The van der Waals surface area contributed by atoms with Crippen molar-refractivity contribution in [2.24, 2.45) is 0 Å². The van der Waals surface area contributed by atoms with Gasteiger partial charge in [-0.05, 0) is 43.7 Å². The topological polar surface area (TPSA) is 29.5 Å². The van der Waals surface area contributed by atoms with Crippen LogP contribution in [0.25, 0.3) is 0 Å². The molecule has 1 N–H and O–H groups in total. The molecule has 2 rings (SSSR count). The van der Waals surface area contributed by atoms with Crippen molar-refractivity contribution in [3.8, 4) is 11.5 Å². The lowest BCUT2D eigenvalue weighted by Gasteiger charge is -2.15. The first-order chi connectivity index (χ1) is 8.99. The van der Waals surface area contributed by atoms with E-state index >= 15 is 0 Å². The summed E-state index contributed by atoms with van der Waals surface area (Å²) in [4.78, 5) is 0. The zero-order valence-corrected chi connectivity index (χ0v) is 10.7. The van der Waals surface area contributed by atoms with Crippen LogP contribution in [0.15, 0.2) is 36.4 Å². The van der Waals surface area contributed by atoms with Gasteiger partial charge >= 0.3 is 0 Å². The summed E-state index contributed by atoms with van der Waals surface area (Å²) < 4.78 is 32.3. The summed E-state index contributed by atoms with van der Waals surface area (Å²) in [5, 5.41) is 9.61. The first-order valence-electron chi connectivity index (χ1n) is 5.89. The molecule has 2 aromatic rings. The van der Waals surface area contributed by atoms with Crippen molar-refractivity contribution in [2.75, 3.05) is 0 Å². The van der Waals surface area contributed by atoms with E-state index in [9.17, 15) is 13.9 Å². The number of aliphatic hydroxyl groups is 1. The second kappa shape index (κ2) is 5.36. The van der Waals surface area contributed by atoms with Crippen molar-refractivity contribution in [3.05, 3.63) is 59.2 Å². The van der Waals surface area contributed by atoms with Crippen molar-refractivity contribution in [2.45, 2.75) is 20.0 Å². The van der Waals surface area contributed by atoms with E-state index in [4.69, 9.17) is 4.74 Å². The minimum atomic E-state index is -0.855. The summed E-state index contributed by atoms with van der Waals surface area (Å²) >= 11 is 0. The lowest BCUT2D eigenvalue weighted by atomic mass is 10.1. The number of aryl methyl sites for hydroxylation is 1. The van der Waals surface area contributed by atoms with Gasteiger partial charge in [-0.15, -0.1) is 0 Å². The van der Waals surface area contributed by atoms with E-state index in [0.29, 0.717) is 16.9 Å². The van der Waals surface area contributed by atoms with E-state index in [1.165, 1.54) is 37.3 Å². The van der Waals surface area contributed by atoms with Crippen molar-refractivity contribution in [3.63, 3.8) is 0 Å². The summed E-state index contributed by atoms with van der Waals surface area (Å²) in [6.45, 7) is 3.19. The lowest BCUT2D eigenvalue weighted by molar-refractivity contribution is 0.194. The number of ether oxygens (including phenoxy) is 1. The number of aliphatic hydroxyl groups excluding tert-OH is 1. The van der Waals surface area contributed by atoms with Crippen molar-refractivity contribution < 1.29 is 18.6 Å². The van der Waals surface area contributed by atoms with Gasteiger partial charge in [-0.25, -0.2) is 8.78 Å². The highest BCUT2D eigenvalue weighted by Gasteiger charge is 2.15. The first-order valence-corrected chi connectivity index (χ1v) is 5.89. The Balaban J connectivity index is 2.43. The third-order valence-corrected chi connectivity index (χ3v) is 2.80. The predicted octanol–water partition coefficient (Wildman–Crippen LogP) is 4.12. The number of para-hydroxylation sites is 1. The van der Waals surface area contributed by atoms with Gasteiger partial charge in [0, 0.05) is 5.56 Å². The van der Waals surface area contributed by atoms with Crippen LogP contribution in [0, 0.1) is 18.6 Å². The van der Waals surface area contributed by atoms with Crippen molar-refractivity contribution >= 4 is 0 Å². The molecule has 2 aromatic carbocycles. The molecule has 1 atom stereocenters. The number of hydrogen-bond acceptors (Lipinski definition) is 2. The molecule has 0 heterocycles. The van der Waals surface area contributed by atoms with Crippen LogP contribution in [0.3, 0.4) is 0 Å². The molecule has 0 saturated heterocycles. The molecule has 4 heteroatoms. The van der Waals surface area contributed by atoms with Crippen LogP contribution in [-0.2, 0) is 0 Å². The summed E-state index contributed by atoms with van der Waals surface area (Å²) in [6, 6.07) is 8.32. The maximum absolute atomic E-state index is 13.8. The molecule has 0 radical (unpaired) electrons. The quantitative estimate of drug-likeness (QED) is 0.903. The highest BCUT2D eigenvalue weighted by Crippen LogP contribution is 2.33. The van der Waals surface area contributed by atoms with Crippen molar-refractivity contribution in [1.82, 2.24) is 0 Å².